The molecule has 1 fully saturated rings. The number of hydrogen-bond acceptors (Lipinski definition) is 4. The van der Waals surface area contributed by atoms with Gasteiger partial charge in [-0.1, -0.05) is 48.2 Å². The van der Waals surface area contributed by atoms with Gasteiger partial charge in [0, 0.05) is 24.4 Å². The lowest BCUT2D eigenvalue weighted by Gasteiger charge is -2.19. The Morgan fingerprint density at radius 1 is 1.12 bits per heavy atom. The smallest absolute Gasteiger partial charge is 0.268 e. The highest BCUT2D eigenvalue weighted by Crippen LogP contribution is 2.31. The second kappa shape index (κ2) is 9.05. The summed E-state index contributed by atoms with van der Waals surface area (Å²) in [5.74, 6) is 1.58. The molecule has 0 aliphatic carbocycles. The third kappa shape index (κ3) is 4.81. The van der Waals surface area contributed by atoms with Crippen LogP contribution >= 0.6 is 0 Å². The van der Waals surface area contributed by atoms with Crippen molar-refractivity contribution in [3.8, 4) is 17.9 Å². The predicted octanol–water partition coefficient (Wildman–Crippen LogP) is 3.12. The molecule has 1 atom stereocenters. The van der Waals surface area contributed by atoms with Crippen LogP contribution in [-0.4, -0.2) is 46.8 Å². The molecule has 1 aliphatic heterocycles. The molecule has 3 aromatic rings. The third-order valence-electron chi connectivity index (χ3n) is 5.33. The number of carbonyl (C=O) groups is 2. The fourth-order valence-corrected chi connectivity index (χ4v) is 3.71. The number of likely N-dealkylation sites (tertiary alicyclic amines) is 1. The van der Waals surface area contributed by atoms with Gasteiger partial charge in [0.2, 0.25) is 5.91 Å². The van der Waals surface area contributed by atoms with Crippen molar-refractivity contribution in [3.05, 3.63) is 77.6 Å². The normalized spacial score (nSPS) is 16.5. The van der Waals surface area contributed by atoms with Gasteiger partial charge in [0.15, 0.2) is 0 Å². The number of halogens is 2. The Morgan fingerprint density at radius 3 is 2.70 bits per heavy atom. The Kier molecular flexibility index (Phi) is 6.01. The highest BCUT2D eigenvalue weighted by Gasteiger charge is 2.47. The lowest BCUT2D eigenvalue weighted by molar-refractivity contribution is -0.131. The average Bonchev–Trinajstić information content (AvgIpc) is 3.15. The average molecular weight is 444 g/mol. The number of pyridine rings is 1. The summed E-state index contributed by atoms with van der Waals surface area (Å²) in [6, 6.07) is 15.5. The molecule has 33 heavy (non-hydrogen) atoms. The molecule has 4 rings (SSSR count). The number of nitrogens with one attached hydrogen (secondary N) is 1. The zero-order chi connectivity index (χ0) is 23.4. The molecule has 164 valence electrons. The van der Waals surface area contributed by atoms with E-state index in [9.17, 15) is 18.4 Å². The molecule has 0 bridgehead atoms. The maximum absolute atomic E-state index is 13.6. The van der Waals surface area contributed by atoms with Gasteiger partial charge in [0.05, 0.1) is 30.3 Å². The molecule has 0 saturated carbocycles. The molecule has 1 aromatic heterocycles. The van der Waals surface area contributed by atoms with Crippen LogP contribution in [0.1, 0.15) is 27.9 Å². The van der Waals surface area contributed by atoms with Crippen LogP contribution in [0.4, 0.5) is 8.78 Å². The standard InChI is InChI=1S/C25H18F2N4O2/c26-25(27)12-20(13-28)31(16-25)23(32)15-30-24(33)22-10-11-29-14-19(22)9-8-18-6-3-5-17-4-1-2-7-21(17)18/h1-7,10-11,14,20H,12,15-16H2,(H,30,33). The summed E-state index contributed by atoms with van der Waals surface area (Å²) in [4.78, 5) is 29.9. The van der Waals surface area contributed by atoms with Crippen LogP contribution in [0.15, 0.2) is 60.9 Å². The second-order valence-electron chi connectivity index (χ2n) is 7.61. The van der Waals surface area contributed by atoms with E-state index in [4.69, 9.17) is 5.26 Å². The van der Waals surface area contributed by atoms with E-state index in [1.807, 2.05) is 42.5 Å². The summed E-state index contributed by atoms with van der Waals surface area (Å²) in [5, 5.41) is 13.5. The predicted molar refractivity (Wildman–Crippen MR) is 117 cm³/mol. The fourth-order valence-electron chi connectivity index (χ4n) is 3.71. The molecule has 1 aliphatic rings. The molecule has 2 aromatic carbocycles. The number of hydrogen-bond donors (Lipinski definition) is 1. The molecule has 1 unspecified atom stereocenters. The minimum atomic E-state index is -3.12. The van der Waals surface area contributed by atoms with Gasteiger partial charge < -0.3 is 10.2 Å². The summed E-state index contributed by atoms with van der Waals surface area (Å²) in [6.45, 7) is -1.34. The SMILES string of the molecule is N#CC1CC(F)(F)CN1C(=O)CNC(=O)c1ccncc1C#Cc1cccc2ccccc12. The summed E-state index contributed by atoms with van der Waals surface area (Å²) in [7, 11) is 0. The minimum Gasteiger partial charge on any atom is -0.343 e. The molecule has 6 nitrogen and oxygen atoms in total. The van der Waals surface area contributed by atoms with Crippen molar-refractivity contribution in [2.24, 2.45) is 0 Å². The van der Waals surface area contributed by atoms with E-state index in [0.29, 0.717) is 5.56 Å². The number of benzene rings is 2. The van der Waals surface area contributed by atoms with E-state index < -0.39 is 43.3 Å². The van der Waals surface area contributed by atoms with Gasteiger partial charge in [-0.2, -0.15) is 5.26 Å². The Labute approximate surface area is 188 Å². The van der Waals surface area contributed by atoms with Gasteiger partial charge in [0.1, 0.15) is 6.04 Å². The first-order chi connectivity index (χ1) is 15.9. The van der Waals surface area contributed by atoms with Crippen molar-refractivity contribution in [2.45, 2.75) is 18.4 Å². The first kappa shape index (κ1) is 21.9. The van der Waals surface area contributed by atoms with Crippen molar-refractivity contribution in [1.29, 1.82) is 5.26 Å². The lowest BCUT2D eigenvalue weighted by atomic mass is 10.0. The summed E-state index contributed by atoms with van der Waals surface area (Å²) < 4.78 is 27.2. The van der Waals surface area contributed by atoms with Crippen LogP contribution in [0.3, 0.4) is 0 Å². The van der Waals surface area contributed by atoms with Crippen molar-refractivity contribution in [3.63, 3.8) is 0 Å². The maximum Gasteiger partial charge on any atom is 0.268 e. The quantitative estimate of drug-likeness (QED) is 0.629. The van der Waals surface area contributed by atoms with Gasteiger partial charge >= 0.3 is 0 Å². The molecular weight excluding hydrogens is 426 g/mol. The number of nitrogens with zero attached hydrogens (tertiary/aromatic N) is 3. The zero-order valence-electron chi connectivity index (χ0n) is 17.4. The monoisotopic (exact) mass is 444 g/mol. The first-order valence-corrected chi connectivity index (χ1v) is 10.2. The Bertz CT molecular complexity index is 1330. The van der Waals surface area contributed by atoms with Crippen LogP contribution in [0.5, 0.6) is 0 Å². The molecule has 0 spiro atoms. The molecule has 0 radical (unpaired) electrons. The van der Waals surface area contributed by atoms with Gasteiger partial charge in [-0.05, 0) is 22.9 Å². The van der Waals surface area contributed by atoms with E-state index in [1.165, 1.54) is 18.5 Å². The zero-order valence-corrected chi connectivity index (χ0v) is 17.4. The summed E-state index contributed by atoms with van der Waals surface area (Å²) >= 11 is 0. The van der Waals surface area contributed by atoms with E-state index in [2.05, 4.69) is 22.1 Å². The van der Waals surface area contributed by atoms with E-state index >= 15 is 0 Å². The van der Waals surface area contributed by atoms with E-state index in [1.54, 1.807) is 6.07 Å². The van der Waals surface area contributed by atoms with Crippen molar-refractivity contribution in [2.75, 3.05) is 13.1 Å². The number of fused-ring (bicyclic) bond motifs is 1. The Hall–Kier alpha value is -4.30. The number of alkyl halides is 2. The Balaban J connectivity index is 1.50. The molecule has 1 saturated heterocycles. The maximum atomic E-state index is 13.6. The van der Waals surface area contributed by atoms with Crippen molar-refractivity contribution in [1.82, 2.24) is 15.2 Å². The van der Waals surface area contributed by atoms with Crippen LogP contribution in [0.2, 0.25) is 0 Å². The largest absolute Gasteiger partial charge is 0.343 e. The number of carbonyl (C=O) groups excluding carboxylic acids is 2. The number of rotatable bonds is 3. The molecule has 2 heterocycles. The topological polar surface area (TPSA) is 86.1 Å². The van der Waals surface area contributed by atoms with E-state index in [-0.39, 0.29) is 5.56 Å². The first-order valence-electron chi connectivity index (χ1n) is 10.2. The van der Waals surface area contributed by atoms with Crippen molar-refractivity contribution >= 4 is 22.6 Å². The highest BCUT2D eigenvalue weighted by molar-refractivity contribution is 5.98. The lowest BCUT2D eigenvalue weighted by Crippen LogP contribution is -2.43. The highest BCUT2D eigenvalue weighted by atomic mass is 19.3. The Morgan fingerprint density at radius 2 is 1.88 bits per heavy atom. The van der Waals surface area contributed by atoms with E-state index in [0.717, 1.165) is 21.2 Å². The number of amides is 2. The third-order valence-corrected chi connectivity index (χ3v) is 5.33. The van der Waals surface area contributed by atoms with Gasteiger partial charge in [-0.25, -0.2) is 8.78 Å². The minimum absolute atomic E-state index is 0.203. The second-order valence-corrected chi connectivity index (χ2v) is 7.61. The van der Waals surface area contributed by atoms with Crippen LogP contribution in [0.25, 0.3) is 10.8 Å². The molecule has 8 heteroatoms. The summed E-state index contributed by atoms with van der Waals surface area (Å²) in [6.07, 6.45) is 2.16. The van der Waals surface area contributed by atoms with Crippen LogP contribution < -0.4 is 5.32 Å². The molecular formula is C25H18F2N4O2. The van der Waals surface area contributed by atoms with Crippen molar-refractivity contribution < 1.29 is 18.4 Å². The molecule has 2 amide bonds. The fraction of sp³-hybridized carbons (Fsp3) is 0.200. The van der Waals surface area contributed by atoms with Gasteiger partial charge in [-0.3, -0.25) is 14.6 Å². The number of aromatic nitrogens is 1. The van der Waals surface area contributed by atoms with Gasteiger partial charge in [-0.15, -0.1) is 0 Å². The molecule has 1 N–H and O–H groups in total. The van der Waals surface area contributed by atoms with Gasteiger partial charge in [0.25, 0.3) is 11.8 Å². The number of nitriles is 1. The summed E-state index contributed by atoms with van der Waals surface area (Å²) in [5.41, 5.74) is 1.35. The van der Waals surface area contributed by atoms with Crippen LogP contribution in [0, 0.1) is 23.2 Å². The van der Waals surface area contributed by atoms with Crippen LogP contribution in [-0.2, 0) is 4.79 Å².